The van der Waals surface area contributed by atoms with E-state index in [0.29, 0.717) is 0 Å². The van der Waals surface area contributed by atoms with E-state index in [1.54, 1.807) is 0 Å². The summed E-state index contributed by atoms with van der Waals surface area (Å²) in [7, 11) is 0. The highest BCUT2D eigenvalue weighted by molar-refractivity contribution is 6.08. The summed E-state index contributed by atoms with van der Waals surface area (Å²) in [5.74, 6) is 0.174. The van der Waals surface area contributed by atoms with Gasteiger partial charge in [0.1, 0.15) is 5.54 Å². The molecule has 1 saturated carbocycles. The largest absolute Gasteiger partial charge is 0.356 e. The zero-order valence-corrected chi connectivity index (χ0v) is 9.71. The van der Waals surface area contributed by atoms with Gasteiger partial charge in [0.25, 0.3) is 0 Å². The Balaban J connectivity index is 2.13. The molecule has 1 amide bonds. The van der Waals surface area contributed by atoms with Crippen LogP contribution in [0.1, 0.15) is 25.3 Å². The van der Waals surface area contributed by atoms with Crippen LogP contribution >= 0.6 is 0 Å². The molecule has 0 radical (unpaired) electrons. The molecule has 0 bridgehead atoms. The summed E-state index contributed by atoms with van der Waals surface area (Å²) in [6.45, 7) is 5.05. The summed E-state index contributed by atoms with van der Waals surface area (Å²) in [4.78, 5) is 14.3. The topological polar surface area (TPSA) is 32.3 Å². The van der Waals surface area contributed by atoms with E-state index in [4.69, 9.17) is 0 Å². The molecule has 1 fully saturated rings. The van der Waals surface area contributed by atoms with Gasteiger partial charge in [-0.15, -0.1) is 0 Å². The van der Waals surface area contributed by atoms with Crippen molar-refractivity contribution in [1.29, 1.82) is 0 Å². The fourth-order valence-electron chi connectivity index (χ4n) is 2.67. The van der Waals surface area contributed by atoms with Crippen molar-refractivity contribution < 1.29 is 4.79 Å². The predicted molar refractivity (Wildman–Crippen MR) is 64.8 cm³/mol. The number of fused-ring (bicyclic) bond motifs is 1. The van der Waals surface area contributed by atoms with Crippen LogP contribution in [0.25, 0.3) is 0 Å². The Kier molecular flexibility index (Phi) is 1.82. The summed E-state index contributed by atoms with van der Waals surface area (Å²) < 4.78 is 0. The van der Waals surface area contributed by atoms with Gasteiger partial charge in [0, 0.05) is 6.54 Å². The molecular weight excluding hydrogens is 200 g/mol. The fraction of sp³-hybridized carbons (Fsp3) is 0.462. The van der Waals surface area contributed by atoms with Crippen LogP contribution in [-0.2, 0) is 4.79 Å². The molecule has 1 aromatic carbocycles. The van der Waals surface area contributed by atoms with Crippen molar-refractivity contribution in [3.05, 3.63) is 23.8 Å². The number of carbonyl (C=O) groups excluding carboxylic acids is 1. The normalized spacial score (nSPS) is 20.6. The highest BCUT2D eigenvalue weighted by Crippen LogP contribution is 2.49. The Bertz CT molecular complexity index is 463. The first-order valence-corrected chi connectivity index (χ1v) is 5.87. The fourth-order valence-corrected chi connectivity index (χ4v) is 2.67. The first-order valence-electron chi connectivity index (χ1n) is 5.87. The number of amides is 1. The van der Waals surface area contributed by atoms with Crippen LogP contribution in [0, 0.1) is 6.92 Å². The summed E-state index contributed by atoms with van der Waals surface area (Å²) in [5, 5.41) is 3.04. The molecule has 1 aliphatic heterocycles. The summed E-state index contributed by atoms with van der Waals surface area (Å²) in [6, 6.07) is 6.27. The van der Waals surface area contributed by atoms with Crippen LogP contribution in [0.2, 0.25) is 0 Å². The molecule has 3 heteroatoms. The zero-order valence-electron chi connectivity index (χ0n) is 9.71. The number of hydrogen-bond donors (Lipinski definition) is 1. The standard InChI is InChI=1S/C13H16N2O/c1-3-15-11-5-4-9(2)8-10(11)14-12(16)13(15)6-7-13/h4-5,8H,3,6-7H2,1-2H3,(H,14,16). The molecule has 0 atom stereocenters. The van der Waals surface area contributed by atoms with E-state index in [-0.39, 0.29) is 11.4 Å². The lowest BCUT2D eigenvalue weighted by Gasteiger charge is -2.38. The first kappa shape index (κ1) is 9.70. The highest BCUT2D eigenvalue weighted by atomic mass is 16.2. The zero-order chi connectivity index (χ0) is 11.3. The average molecular weight is 216 g/mol. The van der Waals surface area contributed by atoms with Crippen molar-refractivity contribution in [2.75, 3.05) is 16.8 Å². The Morgan fingerprint density at radius 2 is 2.19 bits per heavy atom. The van der Waals surface area contributed by atoms with Gasteiger partial charge in [-0.1, -0.05) is 6.07 Å². The van der Waals surface area contributed by atoms with Crippen molar-refractivity contribution >= 4 is 17.3 Å². The van der Waals surface area contributed by atoms with Gasteiger partial charge < -0.3 is 10.2 Å². The molecular formula is C13H16N2O. The van der Waals surface area contributed by atoms with Gasteiger partial charge in [0.2, 0.25) is 5.91 Å². The first-order chi connectivity index (χ1) is 7.67. The third kappa shape index (κ3) is 1.11. The molecule has 3 rings (SSSR count). The molecule has 2 aliphatic rings. The van der Waals surface area contributed by atoms with E-state index in [9.17, 15) is 4.79 Å². The smallest absolute Gasteiger partial charge is 0.250 e. The number of benzene rings is 1. The lowest BCUT2D eigenvalue weighted by atomic mass is 10.0. The number of nitrogens with one attached hydrogen (secondary N) is 1. The monoisotopic (exact) mass is 216 g/mol. The Morgan fingerprint density at radius 3 is 2.81 bits per heavy atom. The predicted octanol–water partition coefficient (Wildman–Crippen LogP) is 2.31. The second kappa shape index (κ2) is 3.00. The summed E-state index contributed by atoms with van der Waals surface area (Å²) in [6.07, 6.45) is 1.97. The molecule has 0 saturated heterocycles. The van der Waals surface area contributed by atoms with Gasteiger partial charge >= 0.3 is 0 Å². The minimum Gasteiger partial charge on any atom is -0.356 e. The van der Waals surface area contributed by atoms with E-state index in [0.717, 1.165) is 25.1 Å². The molecule has 1 aromatic rings. The highest BCUT2D eigenvalue weighted by Gasteiger charge is 2.56. The van der Waals surface area contributed by atoms with Crippen molar-refractivity contribution in [2.24, 2.45) is 0 Å². The van der Waals surface area contributed by atoms with E-state index in [2.05, 4.69) is 29.3 Å². The molecule has 0 aromatic heterocycles. The van der Waals surface area contributed by atoms with Crippen LogP contribution < -0.4 is 10.2 Å². The van der Waals surface area contributed by atoms with Gasteiger partial charge in [-0.2, -0.15) is 0 Å². The number of rotatable bonds is 1. The third-order valence-electron chi connectivity index (χ3n) is 3.67. The SMILES string of the molecule is CCN1c2ccc(C)cc2NC(=O)C12CC2. The van der Waals surface area contributed by atoms with Crippen molar-refractivity contribution in [1.82, 2.24) is 0 Å². The van der Waals surface area contributed by atoms with Crippen LogP contribution in [0.3, 0.4) is 0 Å². The molecule has 0 unspecified atom stereocenters. The van der Waals surface area contributed by atoms with Gasteiger partial charge in [0.15, 0.2) is 0 Å². The number of hydrogen-bond acceptors (Lipinski definition) is 2. The third-order valence-corrected chi connectivity index (χ3v) is 3.67. The van der Waals surface area contributed by atoms with Crippen LogP contribution in [0.5, 0.6) is 0 Å². The van der Waals surface area contributed by atoms with E-state index in [1.807, 2.05) is 13.0 Å². The number of aryl methyl sites for hydroxylation is 1. The molecule has 84 valence electrons. The average Bonchev–Trinajstić information content (AvgIpc) is 3.02. The minimum absolute atomic E-state index is 0.174. The lowest BCUT2D eigenvalue weighted by Crippen LogP contribution is -2.50. The van der Waals surface area contributed by atoms with E-state index >= 15 is 0 Å². The number of carbonyl (C=O) groups is 1. The molecule has 1 N–H and O–H groups in total. The maximum absolute atomic E-state index is 12.1. The Morgan fingerprint density at radius 1 is 1.44 bits per heavy atom. The number of anilines is 2. The van der Waals surface area contributed by atoms with Crippen LogP contribution in [-0.4, -0.2) is 18.0 Å². The van der Waals surface area contributed by atoms with Crippen molar-refractivity contribution in [3.63, 3.8) is 0 Å². The maximum atomic E-state index is 12.1. The van der Waals surface area contributed by atoms with Crippen molar-refractivity contribution in [2.45, 2.75) is 32.2 Å². The van der Waals surface area contributed by atoms with Crippen molar-refractivity contribution in [3.8, 4) is 0 Å². The van der Waals surface area contributed by atoms with Gasteiger partial charge in [0.05, 0.1) is 11.4 Å². The maximum Gasteiger partial charge on any atom is 0.250 e. The number of likely N-dealkylation sites (N-methyl/N-ethyl adjacent to an activating group) is 1. The molecule has 3 nitrogen and oxygen atoms in total. The second-order valence-corrected chi connectivity index (χ2v) is 4.75. The van der Waals surface area contributed by atoms with E-state index < -0.39 is 0 Å². The Hall–Kier alpha value is -1.51. The minimum atomic E-state index is -0.225. The lowest BCUT2D eigenvalue weighted by molar-refractivity contribution is -0.118. The van der Waals surface area contributed by atoms with Gasteiger partial charge in [-0.3, -0.25) is 4.79 Å². The van der Waals surface area contributed by atoms with Crippen LogP contribution in [0.15, 0.2) is 18.2 Å². The molecule has 1 spiro atoms. The molecule has 1 aliphatic carbocycles. The van der Waals surface area contributed by atoms with E-state index in [1.165, 1.54) is 11.3 Å². The quantitative estimate of drug-likeness (QED) is 0.781. The van der Waals surface area contributed by atoms with Crippen LogP contribution in [0.4, 0.5) is 11.4 Å². The summed E-state index contributed by atoms with van der Waals surface area (Å²) in [5.41, 5.74) is 3.09. The Labute approximate surface area is 95.4 Å². The van der Waals surface area contributed by atoms with Gasteiger partial charge in [-0.05, 0) is 44.4 Å². The molecule has 16 heavy (non-hydrogen) atoms. The second-order valence-electron chi connectivity index (χ2n) is 4.75. The van der Waals surface area contributed by atoms with Gasteiger partial charge in [-0.25, -0.2) is 0 Å². The molecule has 1 heterocycles. The summed E-state index contributed by atoms with van der Waals surface area (Å²) >= 11 is 0. The number of nitrogens with zero attached hydrogens (tertiary/aromatic N) is 1.